The molecule has 2 aromatic heterocycles. The number of carbonyl (C=O) groups excluding carboxylic acids is 1. The lowest BCUT2D eigenvalue weighted by atomic mass is 10.1. The molecule has 0 radical (unpaired) electrons. The Hall–Kier alpha value is -2.31. The zero-order valence-corrected chi connectivity index (χ0v) is 13.9. The molecule has 0 bridgehead atoms. The van der Waals surface area contributed by atoms with Crippen molar-refractivity contribution < 1.29 is 9.53 Å². The maximum absolute atomic E-state index is 12.6. The molecule has 0 aliphatic carbocycles. The SMILES string of the molecule is O=C(NC[C@@H]1CCCO1)c1cccnc1-c1nc2ccccc2s1. The van der Waals surface area contributed by atoms with Crippen LogP contribution in [0.4, 0.5) is 0 Å². The van der Waals surface area contributed by atoms with E-state index in [0.29, 0.717) is 17.8 Å². The van der Waals surface area contributed by atoms with Crippen LogP contribution in [0.5, 0.6) is 0 Å². The van der Waals surface area contributed by atoms with E-state index in [1.807, 2.05) is 24.3 Å². The summed E-state index contributed by atoms with van der Waals surface area (Å²) in [7, 11) is 0. The van der Waals surface area contributed by atoms with Gasteiger partial charge < -0.3 is 10.1 Å². The molecule has 3 aromatic rings. The molecule has 1 saturated heterocycles. The third-order valence-electron chi connectivity index (χ3n) is 4.06. The average molecular weight is 339 g/mol. The van der Waals surface area contributed by atoms with Crippen LogP contribution < -0.4 is 5.32 Å². The summed E-state index contributed by atoms with van der Waals surface area (Å²) in [6, 6.07) is 11.5. The van der Waals surface area contributed by atoms with Crippen molar-refractivity contribution in [3.05, 3.63) is 48.2 Å². The lowest BCUT2D eigenvalue weighted by Crippen LogP contribution is -2.32. The number of nitrogens with zero attached hydrogens (tertiary/aromatic N) is 2. The Labute approximate surface area is 143 Å². The highest BCUT2D eigenvalue weighted by atomic mass is 32.1. The van der Waals surface area contributed by atoms with Crippen LogP contribution in [0, 0.1) is 0 Å². The molecule has 4 rings (SSSR count). The van der Waals surface area contributed by atoms with Gasteiger partial charge in [0.1, 0.15) is 10.7 Å². The first-order chi connectivity index (χ1) is 11.8. The van der Waals surface area contributed by atoms with Gasteiger partial charge in [-0.05, 0) is 37.1 Å². The topological polar surface area (TPSA) is 64.1 Å². The molecule has 24 heavy (non-hydrogen) atoms. The molecule has 122 valence electrons. The monoisotopic (exact) mass is 339 g/mol. The third kappa shape index (κ3) is 3.02. The van der Waals surface area contributed by atoms with E-state index in [9.17, 15) is 4.79 Å². The van der Waals surface area contributed by atoms with Gasteiger partial charge in [0.05, 0.1) is 21.9 Å². The Balaban J connectivity index is 1.60. The number of aromatic nitrogens is 2. The Bertz CT molecular complexity index is 838. The lowest BCUT2D eigenvalue weighted by Gasteiger charge is -2.11. The molecule has 1 aliphatic rings. The number of hydrogen-bond acceptors (Lipinski definition) is 5. The summed E-state index contributed by atoms with van der Waals surface area (Å²) in [5.41, 5.74) is 2.10. The third-order valence-corrected chi connectivity index (χ3v) is 5.11. The summed E-state index contributed by atoms with van der Waals surface area (Å²) in [6.07, 6.45) is 3.87. The van der Waals surface area contributed by atoms with Gasteiger partial charge in [-0.25, -0.2) is 4.98 Å². The number of thiazole rings is 1. The first-order valence-corrected chi connectivity index (χ1v) is 8.84. The molecule has 1 atom stereocenters. The maximum Gasteiger partial charge on any atom is 0.253 e. The van der Waals surface area contributed by atoms with Gasteiger partial charge in [-0.15, -0.1) is 11.3 Å². The molecule has 1 N–H and O–H groups in total. The molecule has 6 heteroatoms. The van der Waals surface area contributed by atoms with Crippen molar-refractivity contribution in [2.24, 2.45) is 0 Å². The predicted molar refractivity (Wildman–Crippen MR) is 94.2 cm³/mol. The van der Waals surface area contributed by atoms with E-state index in [1.165, 1.54) is 0 Å². The molecule has 0 unspecified atom stereocenters. The van der Waals surface area contributed by atoms with Gasteiger partial charge in [-0.2, -0.15) is 0 Å². The number of benzene rings is 1. The second kappa shape index (κ2) is 6.67. The van der Waals surface area contributed by atoms with Crippen LogP contribution in [0.3, 0.4) is 0 Å². The summed E-state index contributed by atoms with van der Waals surface area (Å²) in [6.45, 7) is 1.32. The average Bonchev–Trinajstić information content (AvgIpc) is 3.29. The van der Waals surface area contributed by atoms with E-state index in [-0.39, 0.29) is 12.0 Å². The summed E-state index contributed by atoms with van der Waals surface area (Å²) in [5.74, 6) is -0.132. The van der Waals surface area contributed by atoms with Gasteiger partial charge in [0.2, 0.25) is 0 Å². The highest BCUT2D eigenvalue weighted by molar-refractivity contribution is 7.21. The van der Waals surface area contributed by atoms with Crippen LogP contribution in [0.25, 0.3) is 20.9 Å². The van der Waals surface area contributed by atoms with Gasteiger partial charge in [0, 0.05) is 19.3 Å². The second-order valence-corrected chi connectivity index (χ2v) is 6.76. The molecule has 5 nitrogen and oxygen atoms in total. The van der Waals surface area contributed by atoms with E-state index in [0.717, 1.165) is 34.7 Å². The number of ether oxygens (including phenoxy) is 1. The number of hydrogen-bond donors (Lipinski definition) is 1. The summed E-state index contributed by atoms with van der Waals surface area (Å²) < 4.78 is 6.64. The predicted octanol–water partition coefficient (Wildman–Crippen LogP) is 3.27. The Morgan fingerprint density at radius 2 is 2.21 bits per heavy atom. The van der Waals surface area contributed by atoms with Crippen LogP contribution in [-0.2, 0) is 4.74 Å². The van der Waals surface area contributed by atoms with Gasteiger partial charge in [0.15, 0.2) is 0 Å². The standard InChI is InChI=1S/C18H17N3O2S/c22-17(20-11-12-5-4-10-23-12)13-6-3-9-19-16(13)18-21-14-7-1-2-8-15(14)24-18/h1-3,6-9,12H,4-5,10-11H2,(H,20,22)/t12-/m0/s1. The lowest BCUT2D eigenvalue weighted by molar-refractivity contribution is 0.0858. The normalized spacial score (nSPS) is 17.2. The first kappa shape index (κ1) is 15.2. The quantitative estimate of drug-likeness (QED) is 0.792. The number of rotatable bonds is 4. The van der Waals surface area contributed by atoms with Crippen LogP contribution in [-0.4, -0.2) is 35.1 Å². The van der Waals surface area contributed by atoms with Crippen molar-refractivity contribution in [3.8, 4) is 10.7 Å². The zero-order chi connectivity index (χ0) is 16.4. The van der Waals surface area contributed by atoms with E-state index in [4.69, 9.17) is 4.74 Å². The van der Waals surface area contributed by atoms with Crippen LogP contribution in [0.15, 0.2) is 42.6 Å². The van der Waals surface area contributed by atoms with Gasteiger partial charge in [-0.3, -0.25) is 9.78 Å². The van der Waals surface area contributed by atoms with E-state index in [2.05, 4.69) is 15.3 Å². The molecule has 1 aliphatic heterocycles. The van der Waals surface area contributed by atoms with E-state index < -0.39 is 0 Å². The van der Waals surface area contributed by atoms with Crippen LogP contribution in [0.1, 0.15) is 23.2 Å². The minimum absolute atomic E-state index is 0.122. The largest absolute Gasteiger partial charge is 0.376 e. The summed E-state index contributed by atoms with van der Waals surface area (Å²) in [5, 5.41) is 3.72. The number of nitrogens with one attached hydrogen (secondary N) is 1. The number of para-hydroxylation sites is 1. The van der Waals surface area contributed by atoms with Crippen LogP contribution in [0.2, 0.25) is 0 Å². The number of amides is 1. The molecular formula is C18H17N3O2S. The Kier molecular flexibility index (Phi) is 4.23. The molecular weight excluding hydrogens is 322 g/mol. The molecule has 1 aromatic carbocycles. The minimum Gasteiger partial charge on any atom is -0.376 e. The first-order valence-electron chi connectivity index (χ1n) is 8.02. The number of carbonyl (C=O) groups is 1. The highest BCUT2D eigenvalue weighted by Gasteiger charge is 2.20. The smallest absolute Gasteiger partial charge is 0.253 e. The van der Waals surface area contributed by atoms with E-state index in [1.54, 1.807) is 29.7 Å². The van der Waals surface area contributed by atoms with Crippen molar-refractivity contribution in [3.63, 3.8) is 0 Å². The van der Waals surface area contributed by atoms with E-state index >= 15 is 0 Å². The van der Waals surface area contributed by atoms with Crippen molar-refractivity contribution >= 4 is 27.5 Å². The molecule has 0 saturated carbocycles. The molecule has 0 spiro atoms. The fraction of sp³-hybridized carbons (Fsp3) is 0.278. The Morgan fingerprint density at radius 1 is 1.29 bits per heavy atom. The zero-order valence-electron chi connectivity index (χ0n) is 13.1. The minimum atomic E-state index is -0.132. The molecule has 1 fully saturated rings. The fourth-order valence-electron chi connectivity index (χ4n) is 2.84. The van der Waals surface area contributed by atoms with Crippen LogP contribution >= 0.6 is 11.3 Å². The second-order valence-electron chi connectivity index (χ2n) is 5.73. The number of fused-ring (bicyclic) bond motifs is 1. The maximum atomic E-state index is 12.6. The van der Waals surface area contributed by atoms with Gasteiger partial charge in [-0.1, -0.05) is 12.1 Å². The van der Waals surface area contributed by atoms with Gasteiger partial charge in [0.25, 0.3) is 5.91 Å². The molecule has 1 amide bonds. The van der Waals surface area contributed by atoms with Gasteiger partial charge >= 0.3 is 0 Å². The summed E-state index contributed by atoms with van der Waals surface area (Å²) in [4.78, 5) is 21.6. The van der Waals surface area contributed by atoms with Crippen molar-refractivity contribution in [2.75, 3.05) is 13.2 Å². The summed E-state index contributed by atoms with van der Waals surface area (Å²) >= 11 is 1.55. The van der Waals surface area contributed by atoms with Crippen molar-refractivity contribution in [1.82, 2.24) is 15.3 Å². The van der Waals surface area contributed by atoms with Crippen molar-refractivity contribution in [2.45, 2.75) is 18.9 Å². The number of pyridine rings is 1. The van der Waals surface area contributed by atoms with Crippen molar-refractivity contribution in [1.29, 1.82) is 0 Å². The highest BCUT2D eigenvalue weighted by Crippen LogP contribution is 2.30. The fourth-order valence-corrected chi connectivity index (χ4v) is 3.82. The molecule has 3 heterocycles. The Morgan fingerprint density at radius 3 is 3.04 bits per heavy atom.